The van der Waals surface area contributed by atoms with Crippen LogP contribution < -0.4 is 5.32 Å². The van der Waals surface area contributed by atoms with Crippen molar-refractivity contribution in [1.82, 2.24) is 14.5 Å². The van der Waals surface area contributed by atoms with Gasteiger partial charge in [0.05, 0.1) is 5.25 Å². The number of piperidine rings is 1. The average molecular weight is 329 g/mol. The maximum Gasteiger partial charge on any atom is 0.225 e. The molecule has 0 aromatic heterocycles. The van der Waals surface area contributed by atoms with E-state index in [-0.39, 0.29) is 11.8 Å². The molecule has 6 nitrogen and oxygen atoms in total. The van der Waals surface area contributed by atoms with Crippen molar-refractivity contribution in [2.75, 3.05) is 39.3 Å². The molecule has 2 heterocycles. The van der Waals surface area contributed by atoms with Crippen LogP contribution in [0.3, 0.4) is 0 Å². The number of carbonyl (C=O) groups is 1. The molecule has 126 valence electrons. The second-order valence-corrected chi connectivity index (χ2v) is 8.94. The fourth-order valence-electron chi connectivity index (χ4n) is 3.92. The quantitative estimate of drug-likeness (QED) is 0.814. The topological polar surface area (TPSA) is 69.7 Å². The lowest BCUT2D eigenvalue weighted by molar-refractivity contribution is -0.136. The normalized spacial score (nSPS) is 28.9. The number of carbonyl (C=O) groups excluding carboxylic acids is 1. The number of hydrogen-bond donors (Lipinski definition) is 1. The Morgan fingerprint density at radius 3 is 2.32 bits per heavy atom. The van der Waals surface area contributed by atoms with Crippen molar-refractivity contribution in [1.29, 1.82) is 0 Å². The summed E-state index contributed by atoms with van der Waals surface area (Å²) < 4.78 is 27.2. The highest BCUT2D eigenvalue weighted by atomic mass is 32.2. The van der Waals surface area contributed by atoms with E-state index in [1.807, 2.05) is 4.90 Å². The minimum absolute atomic E-state index is 0.139. The molecule has 3 aliphatic rings. The Morgan fingerprint density at radius 2 is 1.64 bits per heavy atom. The third-order valence-corrected chi connectivity index (χ3v) is 7.56. The van der Waals surface area contributed by atoms with E-state index in [4.69, 9.17) is 0 Å². The molecule has 3 rings (SSSR count). The molecule has 2 aliphatic heterocycles. The highest BCUT2D eigenvalue weighted by Crippen LogP contribution is 2.29. The lowest BCUT2D eigenvalue weighted by Gasteiger charge is -2.37. The Bertz CT molecular complexity index is 496. The maximum absolute atomic E-state index is 12.8. The molecule has 1 atom stereocenters. The smallest absolute Gasteiger partial charge is 0.225 e. The van der Waals surface area contributed by atoms with E-state index >= 15 is 0 Å². The van der Waals surface area contributed by atoms with Gasteiger partial charge >= 0.3 is 0 Å². The van der Waals surface area contributed by atoms with Crippen LogP contribution in [0.5, 0.6) is 0 Å². The molecule has 1 saturated carbocycles. The Kier molecular flexibility index (Phi) is 5.04. The molecule has 1 amide bonds. The Balaban J connectivity index is 1.65. The SMILES string of the molecule is O=C(C1CCCC1)N1CCCC(S(=O)(=O)N2CCNCC2)C1. The second-order valence-electron chi connectivity index (χ2n) is 6.72. The summed E-state index contributed by atoms with van der Waals surface area (Å²) >= 11 is 0. The third kappa shape index (κ3) is 3.31. The summed E-state index contributed by atoms with van der Waals surface area (Å²) in [7, 11) is -3.28. The van der Waals surface area contributed by atoms with E-state index in [2.05, 4.69) is 5.32 Å². The molecule has 0 aromatic rings. The lowest BCUT2D eigenvalue weighted by Crippen LogP contribution is -2.54. The first-order valence-electron chi connectivity index (χ1n) is 8.57. The van der Waals surface area contributed by atoms with Crippen molar-refractivity contribution in [2.24, 2.45) is 5.92 Å². The summed E-state index contributed by atoms with van der Waals surface area (Å²) in [5, 5.41) is 2.77. The van der Waals surface area contributed by atoms with Gasteiger partial charge in [-0.25, -0.2) is 8.42 Å². The molecule has 22 heavy (non-hydrogen) atoms. The van der Waals surface area contributed by atoms with Crippen LogP contribution in [0.15, 0.2) is 0 Å². The summed E-state index contributed by atoms with van der Waals surface area (Å²) in [5.41, 5.74) is 0. The third-order valence-electron chi connectivity index (χ3n) is 5.25. The van der Waals surface area contributed by atoms with Gasteiger partial charge in [0.2, 0.25) is 15.9 Å². The monoisotopic (exact) mass is 329 g/mol. The Hall–Kier alpha value is -0.660. The van der Waals surface area contributed by atoms with Gasteiger partial charge in [0, 0.05) is 45.2 Å². The van der Waals surface area contributed by atoms with Crippen LogP contribution in [0.25, 0.3) is 0 Å². The van der Waals surface area contributed by atoms with E-state index in [0.717, 1.165) is 51.7 Å². The molecule has 3 fully saturated rings. The first-order valence-corrected chi connectivity index (χ1v) is 10.1. The van der Waals surface area contributed by atoms with E-state index in [0.29, 0.717) is 26.1 Å². The lowest BCUT2D eigenvalue weighted by atomic mass is 10.0. The average Bonchev–Trinajstić information content (AvgIpc) is 3.09. The van der Waals surface area contributed by atoms with Crippen LogP contribution in [0.1, 0.15) is 38.5 Å². The highest BCUT2D eigenvalue weighted by Gasteiger charge is 2.38. The van der Waals surface area contributed by atoms with Gasteiger partial charge in [-0.05, 0) is 25.7 Å². The predicted octanol–water partition coefficient (Wildman–Crippen LogP) is 0.403. The van der Waals surface area contributed by atoms with Gasteiger partial charge < -0.3 is 10.2 Å². The van der Waals surface area contributed by atoms with E-state index in [1.54, 1.807) is 4.31 Å². The van der Waals surface area contributed by atoms with Crippen molar-refractivity contribution < 1.29 is 13.2 Å². The van der Waals surface area contributed by atoms with Crippen LogP contribution in [0.2, 0.25) is 0 Å². The maximum atomic E-state index is 12.8. The van der Waals surface area contributed by atoms with Crippen molar-refractivity contribution >= 4 is 15.9 Å². The fraction of sp³-hybridized carbons (Fsp3) is 0.933. The highest BCUT2D eigenvalue weighted by molar-refractivity contribution is 7.89. The van der Waals surface area contributed by atoms with Crippen molar-refractivity contribution in [3.8, 4) is 0 Å². The number of amides is 1. The summed E-state index contributed by atoms with van der Waals surface area (Å²) in [6, 6.07) is 0. The van der Waals surface area contributed by atoms with Gasteiger partial charge in [0.15, 0.2) is 0 Å². The van der Waals surface area contributed by atoms with Gasteiger partial charge in [-0.1, -0.05) is 12.8 Å². The van der Waals surface area contributed by atoms with Crippen LogP contribution in [-0.2, 0) is 14.8 Å². The zero-order valence-corrected chi connectivity index (χ0v) is 14.0. The van der Waals surface area contributed by atoms with Crippen molar-refractivity contribution in [3.05, 3.63) is 0 Å². The number of piperazine rings is 1. The van der Waals surface area contributed by atoms with Gasteiger partial charge in [0.1, 0.15) is 0 Å². The number of likely N-dealkylation sites (tertiary alicyclic amines) is 1. The molecule has 0 aromatic carbocycles. The molecule has 1 unspecified atom stereocenters. The molecule has 7 heteroatoms. The molecule has 1 N–H and O–H groups in total. The molecule has 0 bridgehead atoms. The first kappa shape index (κ1) is 16.2. The van der Waals surface area contributed by atoms with E-state index < -0.39 is 15.3 Å². The fourth-order valence-corrected chi connectivity index (χ4v) is 5.87. The zero-order valence-electron chi connectivity index (χ0n) is 13.2. The van der Waals surface area contributed by atoms with Gasteiger partial charge in [-0.3, -0.25) is 4.79 Å². The zero-order chi connectivity index (χ0) is 15.6. The summed E-state index contributed by atoms with van der Waals surface area (Å²) in [5.74, 6) is 0.332. The van der Waals surface area contributed by atoms with Crippen molar-refractivity contribution in [2.45, 2.75) is 43.8 Å². The summed E-state index contributed by atoms with van der Waals surface area (Å²) in [6.07, 6.45) is 5.70. The first-order chi connectivity index (χ1) is 10.6. The van der Waals surface area contributed by atoms with E-state index in [9.17, 15) is 13.2 Å². The largest absolute Gasteiger partial charge is 0.341 e. The van der Waals surface area contributed by atoms with E-state index in [1.165, 1.54) is 0 Å². The van der Waals surface area contributed by atoms with Crippen LogP contribution in [0.4, 0.5) is 0 Å². The van der Waals surface area contributed by atoms with Gasteiger partial charge in [-0.15, -0.1) is 0 Å². The number of nitrogens with one attached hydrogen (secondary N) is 1. The molecule has 2 saturated heterocycles. The molecule has 0 spiro atoms. The van der Waals surface area contributed by atoms with Crippen LogP contribution in [-0.4, -0.2) is 68.0 Å². The summed E-state index contributed by atoms with van der Waals surface area (Å²) in [4.78, 5) is 14.4. The van der Waals surface area contributed by atoms with Crippen LogP contribution in [0, 0.1) is 5.92 Å². The Morgan fingerprint density at radius 1 is 0.955 bits per heavy atom. The number of rotatable bonds is 3. The number of sulfonamides is 1. The van der Waals surface area contributed by atoms with Crippen LogP contribution >= 0.6 is 0 Å². The van der Waals surface area contributed by atoms with Gasteiger partial charge in [-0.2, -0.15) is 4.31 Å². The van der Waals surface area contributed by atoms with Crippen molar-refractivity contribution in [3.63, 3.8) is 0 Å². The molecular formula is C15H27N3O3S. The van der Waals surface area contributed by atoms with Gasteiger partial charge in [0.25, 0.3) is 0 Å². The molecular weight excluding hydrogens is 302 g/mol. The second kappa shape index (κ2) is 6.84. The standard InChI is InChI=1S/C15H27N3O3S/c19-15(13-4-1-2-5-13)17-9-3-6-14(12-17)22(20,21)18-10-7-16-8-11-18/h13-14,16H,1-12H2. The molecule has 0 radical (unpaired) electrons. The predicted molar refractivity (Wildman–Crippen MR) is 84.9 cm³/mol. The summed E-state index contributed by atoms with van der Waals surface area (Å²) in [6.45, 7) is 3.66. The minimum atomic E-state index is -3.28. The minimum Gasteiger partial charge on any atom is -0.341 e. The Labute approximate surface area is 133 Å². The molecule has 1 aliphatic carbocycles. The number of nitrogens with zero attached hydrogens (tertiary/aromatic N) is 2. The number of hydrogen-bond acceptors (Lipinski definition) is 4.